The van der Waals surface area contributed by atoms with Crippen molar-refractivity contribution in [2.45, 2.75) is 6.42 Å². The van der Waals surface area contributed by atoms with Gasteiger partial charge in [-0.1, -0.05) is 6.07 Å². The lowest BCUT2D eigenvalue weighted by Crippen LogP contribution is -2.15. The normalized spacial score (nSPS) is 12.4. The highest BCUT2D eigenvalue weighted by atomic mass is 16.5. The summed E-state index contributed by atoms with van der Waals surface area (Å²) in [5.41, 5.74) is 9.47. The second-order valence-electron chi connectivity index (χ2n) is 4.78. The van der Waals surface area contributed by atoms with Gasteiger partial charge >= 0.3 is 0 Å². The van der Waals surface area contributed by atoms with Gasteiger partial charge in [0.15, 0.2) is 0 Å². The van der Waals surface area contributed by atoms with Crippen LogP contribution in [0.5, 0.6) is 5.88 Å². The highest BCUT2D eigenvalue weighted by Crippen LogP contribution is 2.29. The third kappa shape index (κ3) is 2.47. The molecule has 2 heterocycles. The summed E-state index contributed by atoms with van der Waals surface area (Å²) >= 11 is 0. The Morgan fingerprint density at radius 2 is 2.33 bits per heavy atom. The Morgan fingerprint density at radius 3 is 3.14 bits per heavy atom. The Bertz CT molecular complexity index is 700. The van der Waals surface area contributed by atoms with Crippen LogP contribution in [0.25, 0.3) is 0 Å². The van der Waals surface area contributed by atoms with Crippen LogP contribution >= 0.6 is 0 Å². The van der Waals surface area contributed by atoms with Gasteiger partial charge in [-0.15, -0.1) is 0 Å². The molecule has 2 aromatic rings. The monoisotopic (exact) mass is 284 g/mol. The maximum absolute atomic E-state index is 12.4. The van der Waals surface area contributed by atoms with E-state index in [-0.39, 0.29) is 5.91 Å². The molecule has 1 aromatic heterocycles. The van der Waals surface area contributed by atoms with E-state index in [0.29, 0.717) is 17.1 Å². The zero-order valence-corrected chi connectivity index (χ0v) is 11.6. The van der Waals surface area contributed by atoms with Gasteiger partial charge in [-0.05, 0) is 18.6 Å². The number of aromatic nitrogens is 1. The molecule has 6 nitrogen and oxygen atoms in total. The van der Waals surface area contributed by atoms with Crippen molar-refractivity contribution in [1.82, 2.24) is 4.98 Å². The first-order valence-electron chi connectivity index (χ1n) is 6.65. The average molecular weight is 284 g/mol. The van der Waals surface area contributed by atoms with Crippen LogP contribution in [0, 0.1) is 0 Å². The van der Waals surface area contributed by atoms with Crippen LogP contribution in [0.3, 0.4) is 0 Å². The van der Waals surface area contributed by atoms with Crippen LogP contribution in [-0.2, 0) is 6.42 Å². The molecule has 0 saturated carbocycles. The summed E-state index contributed by atoms with van der Waals surface area (Å²) in [5, 5.41) is 6.19. The first-order valence-corrected chi connectivity index (χ1v) is 6.65. The number of hydrogen-bond donors (Lipinski definition) is 3. The second-order valence-corrected chi connectivity index (χ2v) is 4.78. The molecule has 0 saturated heterocycles. The Labute approximate surface area is 122 Å². The predicted octanol–water partition coefficient (Wildman–Crippen LogP) is 1.89. The lowest BCUT2D eigenvalue weighted by atomic mass is 10.1. The maximum atomic E-state index is 12.4. The number of nitrogens with one attached hydrogen (secondary N) is 2. The third-order valence-corrected chi connectivity index (χ3v) is 3.48. The van der Waals surface area contributed by atoms with Gasteiger partial charge in [-0.2, -0.15) is 0 Å². The minimum Gasteiger partial charge on any atom is -0.481 e. The zero-order valence-electron chi connectivity index (χ0n) is 11.6. The van der Waals surface area contributed by atoms with Crippen molar-refractivity contribution in [2.24, 2.45) is 0 Å². The fourth-order valence-corrected chi connectivity index (χ4v) is 2.41. The summed E-state index contributed by atoms with van der Waals surface area (Å²) in [6.07, 6.45) is 2.31. The van der Waals surface area contributed by atoms with Crippen molar-refractivity contribution >= 4 is 23.0 Å². The first kappa shape index (κ1) is 13.2. The number of ether oxygens (including phenoxy) is 1. The summed E-state index contributed by atoms with van der Waals surface area (Å²) in [5.74, 6) is 0.0859. The number of nitrogens with zero attached hydrogens (tertiary/aromatic N) is 1. The van der Waals surface area contributed by atoms with Crippen molar-refractivity contribution in [3.63, 3.8) is 0 Å². The molecule has 0 unspecified atom stereocenters. The van der Waals surface area contributed by atoms with E-state index in [9.17, 15) is 4.79 Å². The van der Waals surface area contributed by atoms with Crippen LogP contribution in [-0.4, -0.2) is 24.5 Å². The minimum atomic E-state index is -0.270. The average Bonchev–Trinajstić information content (AvgIpc) is 2.97. The van der Waals surface area contributed by atoms with E-state index >= 15 is 0 Å². The number of carbonyl (C=O) groups is 1. The van der Waals surface area contributed by atoms with E-state index in [0.717, 1.165) is 29.9 Å². The molecule has 1 aliphatic rings. The maximum Gasteiger partial charge on any atom is 0.258 e. The van der Waals surface area contributed by atoms with Crippen LogP contribution in [0.2, 0.25) is 0 Å². The van der Waals surface area contributed by atoms with E-state index in [1.165, 1.54) is 19.4 Å². The molecule has 0 atom stereocenters. The summed E-state index contributed by atoms with van der Waals surface area (Å²) in [6.45, 7) is 0.882. The number of pyridine rings is 1. The van der Waals surface area contributed by atoms with Gasteiger partial charge < -0.3 is 21.1 Å². The van der Waals surface area contributed by atoms with E-state index in [4.69, 9.17) is 10.5 Å². The topological polar surface area (TPSA) is 89.3 Å². The predicted molar refractivity (Wildman–Crippen MR) is 81.8 cm³/mol. The van der Waals surface area contributed by atoms with E-state index in [2.05, 4.69) is 15.6 Å². The molecule has 1 amide bonds. The molecule has 4 N–H and O–H groups in total. The molecule has 108 valence electrons. The summed E-state index contributed by atoms with van der Waals surface area (Å²) in [7, 11) is 1.50. The summed E-state index contributed by atoms with van der Waals surface area (Å²) in [4.78, 5) is 16.4. The Morgan fingerprint density at radius 1 is 1.48 bits per heavy atom. The van der Waals surface area contributed by atoms with Gasteiger partial charge in [0.1, 0.15) is 0 Å². The molecule has 1 aliphatic heterocycles. The Hall–Kier alpha value is -2.76. The largest absolute Gasteiger partial charge is 0.481 e. The number of nitrogen functional groups attached to an aromatic ring is 1. The van der Waals surface area contributed by atoms with Gasteiger partial charge in [0, 0.05) is 29.5 Å². The van der Waals surface area contributed by atoms with Crippen molar-refractivity contribution in [3.8, 4) is 5.88 Å². The fourth-order valence-electron chi connectivity index (χ4n) is 2.41. The molecule has 0 fully saturated rings. The highest BCUT2D eigenvalue weighted by Gasteiger charge is 2.17. The summed E-state index contributed by atoms with van der Waals surface area (Å²) in [6, 6.07) is 7.33. The molecular formula is C15H16N4O2. The number of nitrogens with two attached hydrogens (primary N) is 1. The van der Waals surface area contributed by atoms with Gasteiger partial charge in [0.25, 0.3) is 5.91 Å². The first-order chi connectivity index (χ1) is 10.2. The number of benzene rings is 1. The van der Waals surface area contributed by atoms with E-state index < -0.39 is 0 Å². The van der Waals surface area contributed by atoms with E-state index in [1.807, 2.05) is 18.2 Å². The van der Waals surface area contributed by atoms with Crippen LogP contribution < -0.4 is 21.1 Å². The quantitative estimate of drug-likeness (QED) is 0.801. The van der Waals surface area contributed by atoms with Crippen molar-refractivity contribution < 1.29 is 9.53 Å². The number of fused-ring (bicyclic) bond motifs is 1. The SMILES string of the molecule is COc1cc(C(=O)Nc2cccc3c2CCN3)c(N)cn1. The van der Waals surface area contributed by atoms with Gasteiger partial charge in [-0.25, -0.2) is 4.98 Å². The lowest BCUT2D eigenvalue weighted by Gasteiger charge is -2.11. The molecule has 1 aromatic carbocycles. The standard InChI is InChI=1S/C15H16N4O2/c1-21-14-7-10(11(16)8-18-14)15(20)19-13-4-2-3-12-9(13)5-6-17-12/h2-4,7-8,17H,5-6,16H2,1H3,(H,19,20). The third-order valence-electron chi connectivity index (χ3n) is 3.48. The second kappa shape index (κ2) is 5.32. The molecule has 6 heteroatoms. The number of rotatable bonds is 3. The fraction of sp³-hybridized carbons (Fsp3) is 0.200. The van der Waals surface area contributed by atoms with Gasteiger partial charge in [-0.3, -0.25) is 4.79 Å². The number of amides is 1. The molecule has 0 spiro atoms. The van der Waals surface area contributed by atoms with Crippen molar-refractivity contribution in [3.05, 3.63) is 41.6 Å². The molecule has 0 radical (unpaired) electrons. The number of anilines is 3. The molecule has 0 bridgehead atoms. The van der Waals surface area contributed by atoms with E-state index in [1.54, 1.807) is 0 Å². The van der Waals surface area contributed by atoms with Gasteiger partial charge in [0.05, 0.1) is 24.6 Å². The van der Waals surface area contributed by atoms with Crippen LogP contribution in [0.15, 0.2) is 30.5 Å². The van der Waals surface area contributed by atoms with Crippen LogP contribution in [0.1, 0.15) is 15.9 Å². The van der Waals surface area contributed by atoms with Crippen molar-refractivity contribution in [2.75, 3.05) is 30.0 Å². The molecule has 21 heavy (non-hydrogen) atoms. The van der Waals surface area contributed by atoms with Crippen LogP contribution in [0.4, 0.5) is 17.1 Å². The lowest BCUT2D eigenvalue weighted by molar-refractivity contribution is 0.102. The number of carbonyl (C=O) groups excluding carboxylic acids is 1. The van der Waals surface area contributed by atoms with Crippen molar-refractivity contribution in [1.29, 1.82) is 0 Å². The minimum absolute atomic E-state index is 0.270. The molecule has 3 rings (SSSR count). The Kier molecular flexibility index (Phi) is 3.35. The Balaban J connectivity index is 1.89. The number of hydrogen-bond acceptors (Lipinski definition) is 5. The number of methoxy groups -OCH3 is 1. The molecule has 0 aliphatic carbocycles. The van der Waals surface area contributed by atoms with Gasteiger partial charge in [0.2, 0.25) is 5.88 Å². The smallest absolute Gasteiger partial charge is 0.258 e. The molecular weight excluding hydrogens is 268 g/mol. The highest BCUT2D eigenvalue weighted by molar-refractivity contribution is 6.08. The zero-order chi connectivity index (χ0) is 14.8. The summed E-state index contributed by atoms with van der Waals surface area (Å²) < 4.78 is 5.03.